The van der Waals surface area contributed by atoms with Gasteiger partial charge in [0.05, 0.1) is 15.5 Å². The number of rotatable bonds is 7. The molecule has 0 bridgehead atoms. The minimum Gasteiger partial charge on any atom is -0.324 e. The summed E-state index contributed by atoms with van der Waals surface area (Å²) in [6.45, 7) is -0.619. The Kier molecular flexibility index (Phi) is 6.07. The highest BCUT2D eigenvalue weighted by atomic mass is 32.2. The van der Waals surface area contributed by atoms with E-state index in [0.717, 1.165) is 22.5 Å². The smallest absolute Gasteiger partial charge is 0.271 e. The van der Waals surface area contributed by atoms with Crippen molar-refractivity contribution < 1.29 is 22.5 Å². The quantitative estimate of drug-likeness (QED) is 0.456. The molecule has 3 aromatic carbocycles. The number of anilines is 2. The van der Waals surface area contributed by atoms with E-state index in [-0.39, 0.29) is 22.0 Å². The predicted octanol–water partition coefficient (Wildman–Crippen LogP) is 3.57. The van der Waals surface area contributed by atoms with Gasteiger partial charge in [0.1, 0.15) is 12.4 Å². The topological polar surface area (TPSA) is 110 Å². The number of sulfonamides is 1. The molecule has 0 saturated carbocycles. The first-order valence-corrected chi connectivity index (χ1v) is 10.1. The summed E-state index contributed by atoms with van der Waals surface area (Å²) in [5.41, 5.74) is 0.0138. The first kappa shape index (κ1) is 20.9. The number of nitrogens with one attached hydrogen (secondary N) is 1. The van der Waals surface area contributed by atoms with E-state index in [9.17, 15) is 27.7 Å². The molecule has 0 saturated heterocycles. The molecular weight excluding hydrogens is 413 g/mol. The fraction of sp³-hybridized carbons (Fsp3) is 0.0500. The van der Waals surface area contributed by atoms with Crippen LogP contribution in [0, 0.1) is 15.9 Å². The van der Waals surface area contributed by atoms with Crippen molar-refractivity contribution in [1.82, 2.24) is 0 Å². The third-order valence-corrected chi connectivity index (χ3v) is 5.86. The lowest BCUT2D eigenvalue weighted by atomic mass is 10.3. The highest BCUT2D eigenvalue weighted by molar-refractivity contribution is 7.92. The first-order valence-electron chi connectivity index (χ1n) is 8.65. The zero-order valence-electron chi connectivity index (χ0n) is 15.4. The van der Waals surface area contributed by atoms with Crippen LogP contribution < -0.4 is 9.62 Å². The molecule has 0 spiro atoms. The summed E-state index contributed by atoms with van der Waals surface area (Å²) in [7, 11) is -4.13. The molecular formula is C20H16FN3O5S. The fourth-order valence-electron chi connectivity index (χ4n) is 2.67. The zero-order chi connectivity index (χ0) is 21.7. The van der Waals surface area contributed by atoms with E-state index in [1.165, 1.54) is 42.5 Å². The molecule has 1 N–H and O–H groups in total. The van der Waals surface area contributed by atoms with Gasteiger partial charge in [0.2, 0.25) is 5.91 Å². The minimum absolute atomic E-state index is 0.0440. The molecule has 30 heavy (non-hydrogen) atoms. The van der Waals surface area contributed by atoms with Gasteiger partial charge in [-0.1, -0.05) is 24.3 Å². The average molecular weight is 429 g/mol. The standard InChI is InChI=1S/C20H16FN3O5S/c21-15-9-11-17(12-10-15)23(30(28,29)19-7-2-1-3-8-19)14-20(25)22-16-5-4-6-18(13-16)24(26)27/h1-13H,14H2,(H,22,25). The Balaban J connectivity index is 1.91. The van der Waals surface area contributed by atoms with Crippen LogP contribution in [0.5, 0.6) is 0 Å². The summed E-state index contributed by atoms with van der Waals surface area (Å²) in [6.07, 6.45) is 0. The number of hydrogen-bond acceptors (Lipinski definition) is 5. The van der Waals surface area contributed by atoms with Gasteiger partial charge in [0, 0.05) is 17.8 Å². The molecule has 0 aliphatic rings. The number of carbonyl (C=O) groups excluding carboxylic acids is 1. The summed E-state index contributed by atoms with van der Waals surface area (Å²) in [4.78, 5) is 22.8. The molecule has 0 aromatic heterocycles. The predicted molar refractivity (Wildman–Crippen MR) is 109 cm³/mol. The van der Waals surface area contributed by atoms with Gasteiger partial charge in [-0.3, -0.25) is 19.2 Å². The van der Waals surface area contributed by atoms with Crippen molar-refractivity contribution in [1.29, 1.82) is 0 Å². The number of nitro groups is 1. The molecule has 0 aliphatic carbocycles. The van der Waals surface area contributed by atoms with Gasteiger partial charge < -0.3 is 5.32 Å². The highest BCUT2D eigenvalue weighted by Gasteiger charge is 2.27. The molecule has 0 aliphatic heterocycles. The maximum absolute atomic E-state index is 13.3. The number of amides is 1. The van der Waals surface area contributed by atoms with Crippen LogP contribution in [-0.4, -0.2) is 25.8 Å². The van der Waals surface area contributed by atoms with Gasteiger partial charge in [-0.2, -0.15) is 0 Å². The van der Waals surface area contributed by atoms with Crippen LogP contribution >= 0.6 is 0 Å². The van der Waals surface area contributed by atoms with Crippen LogP contribution in [0.1, 0.15) is 0 Å². The molecule has 8 nitrogen and oxygen atoms in total. The Hall–Kier alpha value is -3.79. The Morgan fingerprint density at radius 2 is 1.67 bits per heavy atom. The lowest BCUT2D eigenvalue weighted by molar-refractivity contribution is -0.384. The Bertz CT molecular complexity index is 1170. The summed E-state index contributed by atoms with van der Waals surface area (Å²) >= 11 is 0. The summed E-state index contributed by atoms with van der Waals surface area (Å²) in [6, 6.07) is 17.4. The van der Waals surface area contributed by atoms with Gasteiger partial charge in [0.25, 0.3) is 15.7 Å². The third kappa shape index (κ3) is 4.78. The number of carbonyl (C=O) groups is 1. The summed E-state index contributed by atoms with van der Waals surface area (Å²) in [5.74, 6) is -1.28. The normalized spacial score (nSPS) is 11.0. The maximum Gasteiger partial charge on any atom is 0.271 e. The highest BCUT2D eigenvalue weighted by Crippen LogP contribution is 2.24. The Morgan fingerprint density at radius 1 is 1.00 bits per heavy atom. The van der Waals surface area contributed by atoms with E-state index in [0.29, 0.717) is 0 Å². The second-order valence-electron chi connectivity index (χ2n) is 6.16. The lowest BCUT2D eigenvalue weighted by Gasteiger charge is -2.24. The molecule has 0 radical (unpaired) electrons. The second-order valence-corrected chi connectivity index (χ2v) is 8.02. The van der Waals surface area contributed by atoms with E-state index in [4.69, 9.17) is 0 Å². The Morgan fingerprint density at radius 3 is 2.30 bits per heavy atom. The average Bonchev–Trinajstić information content (AvgIpc) is 2.73. The minimum atomic E-state index is -4.13. The molecule has 3 rings (SSSR count). The van der Waals surface area contributed by atoms with Crippen LogP contribution in [0.25, 0.3) is 0 Å². The molecule has 3 aromatic rings. The summed E-state index contributed by atoms with van der Waals surface area (Å²) < 4.78 is 40.4. The molecule has 0 unspecified atom stereocenters. The number of nitrogens with zero attached hydrogens (tertiary/aromatic N) is 2. The fourth-order valence-corrected chi connectivity index (χ4v) is 4.11. The van der Waals surface area contributed by atoms with Crippen LogP contribution in [0.15, 0.2) is 83.8 Å². The first-order chi connectivity index (χ1) is 14.3. The van der Waals surface area contributed by atoms with E-state index in [2.05, 4.69) is 5.32 Å². The van der Waals surface area contributed by atoms with Gasteiger partial charge in [-0.15, -0.1) is 0 Å². The molecule has 0 atom stereocenters. The lowest BCUT2D eigenvalue weighted by Crippen LogP contribution is -2.38. The van der Waals surface area contributed by atoms with Crippen LogP contribution in [0.4, 0.5) is 21.5 Å². The third-order valence-electron chi connectivity index (χ3n) is 4.07. The number of benzene rings is 3. The summed E-state index contributed by atoms with van der Waals surface area (Å²) in [5, 5.41) is 13.3. The number of non-ortho nitro benzene ring substituents is 1. The number of hydrogen-bond donors (Lipinski definition) is 1. The van der Waals surface area contributed by atoms with Crippen molar-refractivity contribution >= 4 is 33.0 Å². The van der Waals surface area contributed by atoms with Gasteiger partial charge in [0.15, 0.2) is 0 Å². The molecule has 0 fully saturated rings. The van der Waals surface area contributed by atoms with Crippen molar-refractivity contribution in [3.05, 3.63) is 94.8 Å². The Labute approximate surface area is 171 Å². The van der Waals surface area contributed by atoms with Crippen LogP contribution in [0.3, 0.4) is 0 Å². The second kappa shape index (κ2) is 8.70. The van der Waals surface area contributed by atoms with Gasteiger partial charge in [-0.05, 0) is 42.5 Å². The van der Waals surface area contributed by atoms with Crippen molar-refractivity contribution in [3.63, 3.8) is 0 Å². The number of halogens is 1. The van der Waals surface area contributed by atoms with Crippen LogP contribution in [0.2, 0.25) is 0 Å². The van der Waals surface area contributed by atoms with Crippen molar-refractivity contribution in [2.24, 2.45) is 0 Å². The van der Waals surface area contributed by atoms with E-state index in [1.54, 1.807) is 18.2 Å². The van der Waals surface area contributed by atoms with Crippen molar-refractivity contribution in [2.45, 2.75) is 4.90 Å². The SMILES string of the molecule is O=C(CN(c1ccc(F)cc1)S(=O)(=O)c1ccccc1)Nc1cccc([N+](=O)[O-])c1. The molecule has 1 amide bonds. The monoisotopic (exact) mass is 429 g/mol. The van der Waals surface area contributed by atoms with Crippen molar-refractivity contribution in [2.75, 3.05) is 16.2 Å². The van der Waals surface area contributed by atoms with E-state index < -0.39 is 33.2 Å². The van der Waals surface area contributed by atoms with Crippen LogP contribution in [-0.2, 0) is 14.8 Å². The van der Waals surface area contributed by atoms with E-state index in [1.807, 2.05) is 0 Å². The largest absolute Gasteiger partial charge is 0.324 e. The maximum atomic E-state index is 13.3. The molecule has 0 heterocycles. The molecule has 154 valence electrons. The van der Waals surface area contributed by atoms with Gasteiger partial charge >= 0.3 is 0 Å². The van der Waals surface area contributed by atoms with Gasteiger partial charge in [-0.25, -0.2) is 12.8 Å². The molecule has 10 heteroatoms. The zero-order valence-corrected chi connectivity index (χ0v) is 16.3. The number of nitro benzene ring substituents is 1. The van der Waals surface area contributed by atoms with E-state index >= 15 is 0 Å². The van der Waals surface area contributed by atoms with Crippen molar-refractivity contribution in [3.8, 4) is 0 Å².